The van der Waals surface area contributed by atoms with Gasteiger partial charge >= 0.3 is 0 Å². The number of piperidine rings is 1. The van der Waals surface area contributed by atoms with Crippen molar-refractivity contribution in [3.8, 4) is 0 Å². The molecule has 1 saturated heterocycles. The summed E-state index contributed by atoms with van der Waals surface area (Å²) in [4.78, 5) is 14.5. The van der Waals surface area contributed by atoms with Gasteiger partial charge in [0.05, 0.1) is 4.90 Å². The van der Waals surface area contributed by atoms with E-state index < -0.39 is 10.0 Å². The molecule has 23 heavy (non-hydrogen) atoms. The first-order chi connectivity index (χ1) is 11.0. The molecular weight excluding hydrogens is 314 g/mol. The van der Waals surface area contributed by atoms with Gasteiger partial charge in [-0.25, -0.2) is 13.1 Å². The van der Waals surface area contributed by atoms with E-state index in [4.69, 9.17) is 0 Å². The lowest BCUT2D eigenvalue weighted by atomic mass is 9.96. The van der Waals surface area contributed by atoms with Crippen LogP contribution in [0.15, 0.2) is 29.2 Å². The highest BCUT2D eigenvalue weighted by Crippen LogP contribution is 2.19. The van der Waals surface area contributed by atoms with Crippen molar-refractivity contribution in [2.45, 2.75) is 24.7 Å². The monoisotopic (exact) mass is 339 g/mol. The highest BCUT2D eigenvalue weighted by molar-refractivity contribution is 7.89. The molecule has 128 valence electrons. The minimum atomic E-state index is -3.46. The highest BCUT2D eigenvalue weighted by Gasteiger charge is 2.23. The number of likely N-dealkylation sites (tertiary alicyclic amines) is 1. The van der Waals surface area contributed by atoms with E-state index in [1.165, 1.54) is 19.2 Å². The van der Waals surface area contributed by atoms with Gasteiger partial charge in [-0.05, 0) is 63.2 Å². The quantitative estimate of drug-likeness (QED) is 0.812. The van der Waals surface area contributed by atoms with Crippen LogP contribution in [0.2, 0.25) is 0 Å². The Bertz CT molecular complexity index is 620. The minimum absolute atomic E-state index is 0.0275. The first-order valence-electron chi connectivity index (χ1n) is 8.01. The number of nitrogens with zero attached hydrogens (tertiary/aromatic N) is 1. The van der Waals surface area contributed by atoms with Crippen molar-refractivity contribution in [2.75, 3.05) is 33.2 Å². The van der Waals surface area contributed by atoms with Crippen molar-refractivity contribution in [2.24, 2.45) is 5.92 Å². The van der Waals surface area contributed by atoms with Crippen LogP contribution in [0.4, 0.5) is 0 Å². The van der Waals surface area contributed by atoms with Crippen LogP contribution in [0.25, 0.3) is 0 Å². The summed E-state index contributed by atoms with van der Waals surface area (Å²) in [5, 5.41) is 3.35. The topological polar surface area (TPSA) is 78.5 Å². The van der Waals surface area contributed by atoms with Crippen molar-refractivity contribution < 1.29 is 13.2 Å². The molecular formula is C16H25N3O3S. The van der Waals surface area contributed by atoms with Gasteiger partial charge in [0.15, 0.2) is 0 Å². The highest BCUT2D eigenvalue weighted by atomic mass is 32.2. The lowest BCUT2D eigenvalue weighted by molar-refractivity contribution is 0.0690. The van der Waals surface area contributed by atoms with E-state index in [9.17, 15) is 13.2 Å². The van der Waals surface area contributed by atoms with Crippen LogP contribution in [0.3, 0.4) is 0 Å². The van der Waals surface area contributed by atoms with Gasteiger partial charge in [-0.15, -0.1) is 0 Å². The second-order valence-electron chi connectivity index (χ2n) is 5.78. The van der Waals surface area contributed by atoms with Crippen molar-refractivity contribution in [3.05, 3.63) is 29.8 Å². The molecule has 1 aromatic carbocycles. The number of nitrogens with one attached hydrogen (secondary N) is 2. The van der Waals surface area contributed by atoms with Crippen molar-refractivity contribution in [3.63, 3.8) is 0 Å². The maximum absolute atomic E-state index is 12.5. The molecule has 0 atom stereocenters. The number of hydrogen-bond donors (Lipinski definition) is 2. The average Bonchev–Trinajstić information content (AvgIpc) is 2.60. The normalized spacial score (nSPS) is 16.5. The number of amides is 1. The fraction of sp³-hybridized carbons (Fsp3) is 0.562. The summed E-state index contributed by atoms with van der Waals surface area (Å²) in [6.45, 7) is 5.59. The fourth-order valence-corrected chi connectivity index (χ4v) is 3.50. The maximum Gasteiger partial charge on any atom is 0.253 e. The summed E-state index contributed by atoms with van der Waals surface area (Å²) in [7, 11) is -2.10. The van der Waals surface area contributed by atoms with Crippen LogP contribution in [0, 0.1) is 5.92 Å². The molecule has 0 radical (unpaired) electrons. The molecule has 0 aliphatic carbocycles. The smallest absolute Gasteiger partial charge is 0.253 e. The van der Waals surface area contributed by atoms with E-state index in [-0.39, 0.29) is 10.8 Å². The van der Waals surface area contributed by atoms with E-state index in [2.05, 4.69) is 17.0 Å². The number of rotatable bonds is 6. The number of carbonyl (C=O) groups excluding carboxylic acids is 1. The zero-order chi connectivity index (χ0) is 16.9. The largest absolute Gasteiger partial charge is 0.339 e. The van der Waals surface area contributed by atoms with E-state index in [0.717, 1.165) is 39.0 Å². The van der Waals surface area contributed by atoms with E-state index in [0.29, 0.717) is 11.5 Å². The number of benzene rings is 1. The van der Waals surface area contributed by atoms with Gasteiger partial charge in [0.2, 0.25) is 10.0 Å². The lowest BCUT2D eigenvalue weighted by Gasteiger charge is -2.32. The Kier molecular flexibility index (Phi) is 6.15. The summed E-state index contributed by atoms with van der Waals surface area (Å²) >= 11 is 0. The standard InChI is InChI=1S/C16H25N3O3S/c1-3-18-12-13-8-10-19(11-9-13)16(20)14-4-6-15(7-5-14)23(21,22)17-2/h4-7,13,17-18H,3,8-12H2,1-2H3. The number of sulfonamides is 1. The van der Waals surface area contributed by atoms with Gasteiger partial charge < -0.3 is 10.2 Å². The summed E-state index contributed by atoms with van der Waals surface area (Å²) in [6, 6.07) is 6.10. The Morgan fingerprint density at radius 3 is 2.35 bits per heavy atom. The Hall–Kier alpha value is -1.44. The molecule has 1 heterocycles. The molecule has 0 spiro atoms. The Morgan fingerprint density at radius 2 is 1.83 bits per heavy atom. The SMILES string of the molecule is CCNCC1CCN(C(=O)c2ccc(S(=O)(=O)NC)cc2)CC1. The first kappa shape index (κ1) is 17.9. The van der Waals surface area contributed by atoms with E-state index in [1.807, 2.05) is 4.90 Å². The Balaban J connectivity index is 1.96. The number of hydrogen-bond acceptors (Lipinski definition) is 4. The van der Waals surface area contributed by atoms with Crippen LogP contribution in [-0.2, 0) is 10.0 Å². The zero-order valence-electron chi connectivity index (χ0n) is 13.7. The molecule has 6 nitrogen and oxygen atoms in total. The molecule has 0 bridgehead atoms. The first-order valence-corrected chi connectivity index (χ1v) is 9.50. The van der Waals surface area contributed by atoms with Crippen molar-refractivity contribution in [1.29, 1.82) is 0 Å². The van der Waals surface area contributed by atoms with Crippen LogP contribution < -0.4 is 10.0 Å². The van der Waals surface area contributed by atoms with Crippen LogP contribution in [-0.4, -0.2) is 52.5 Å². The van der Waals surface area contributed by atoms with Gasteiger partial charge in [-0.1, -0.05) is 6.92 Å². The Morgan fingerprint density at radius 1 is 1.22 bits per heavy atom. The predicted molar refractivity (Wildman–Crippen MR) is 89.9 cm³/mol. The van der Waals surface area contributed by atoms with Gasteiger partial charge in [0.25, 0.3) is 5.91 Å². The average molecular weight is 339 g/mol. The van der Waals surface area contributed by atoms with E-state index in [1.54, 1.807) is 12.1 Å². The third kappa shape index (κ3) is 4.53. The van der Waals surface area contributed by atoms with Crippen LogP contribution >= 0.6 is 0 Å². The summed E-state index contributed by atoms with van der Waals surface area (Å²) < 4.78 is 25.6. The summed E-state index contributed by atoms with van der Waals surface area (Å²) in [5.74, 6) is 0.599. The van der Waals surface area contributed by atoms with Crippen LogP contribution in [0.5, 0.6) is 0 Å². The molecule has 1 fully saturated rings. The predicted octanol–water partition coefficient (Wildman–Crippen LogP) is 1.06. The van der Waals surface area contributed by atoms with Gasteiger partial charge in [-0.3, -0.25) is 4.79 Å². The summed E-state index contributed by atoms with van der Waals surface area (Å²) in [6.07, 6.45) is 2.01. The zero-order valence-corrected chi connectivity index (χ0v) is 14.5. The lowest BCUT2D eigenvalue weighted by Crippen LogP contribution is -2.40. The Labute approximate surface area is 138 Å². The molecule has 1 aromatic rings. The third-order valence-corrected chi connectivity index (χ3v) is 5.70. The fourth-order valence-electron chi connectivity index (χ4n) is 2.77. The maximum atomic E-state index is 12.5. The molecule has 1 aliphatic rings. The molecule has 0 unspecified atom stereocenters. The van der Waals surface area contributed by atoms with Gasteiger partial charge in [0.1, 0.15) is 0 Å². The molecule has 1 amide bonds. The van der Waals surface area contributed by atoms with Crippen molar-refractivity contribution in [1.82, 2.24) is 14.9 Å². The minimum Gasteiger partial charge on any atom is -0.339 e. The molecule has 0 aromatic heterocycles. The number of carbonyl (C=O) groups is 1. The molecule has 0 saturated carbocycles. The van der Waals surface area contributed by atoms with Gasteiger partial charge in [0, 0.05) is 18.7 Å². The third-order valence-electron chi connectivity index (χ3n) is 4.27. The molecule has 2 N–H and O–H groups in total. The second kappa shape index (κ2) is 7.90. The second-order valence-corrected chi connectivity index (χ2v) is 7.66. The van der Waals surface area contributed by atoms with Crippen molar-refractivity contribution >= 4 is 15.9 Å². The van der Waals surface area contributed by atoms with Crippen LogP contribution in [0.1, 0.15) is 30.1 Å². The molecule has 1 aliphatic heterocycles. The van der Waals surface area contributed by atoms with Gasteiger partial charge in [-0.2, -0.15) is 0 Å². The van der Waals surface area contributed by atoms with E-state index >= 15 is 0 Å². The summed E-state index contributed by atoms with van der Waals surface area (Å²) in [5.41, 5.74) is 0.533. The molecule has 2 rings (SSSR count). The molecule has 7 heteroatoms.